The highest BCUT2D eigenvalue weighted by molar-refractivity contribution is 7.80. The van der Waals surface area contributed by atoms with Crippen LogP contribution in [-0.2, 0) is 9.59 Å². The minimum absolute atomic E-state index is 0.0667. The van der Waals surface area contributed by atoms with E-state index in [9.17, 15) is 9.59 Å². The Balaban J connectivity index is 1.68. The highest BCUT2D eigenvalue weighted by Gasteiger charge is 2.38. The summed E-state index contributed by atoms with van der Waals surface area (Å²) in [7, 11) is 0. The predicted octanol–water partition coefficient (Wildman–Crippen LogP) is 3.00. The molecule has 2 amide bonds. The molecule has 2 heterocycles. The zero-order chi connectivity index (χ0) is 18.8. The van der Waals surface area contributed by atoms with Crippen LogP contribution in [0.4, 0.5) is 11.4 Å². The lowest BCUT2D eigenvalue weighted by molar-refractivity contribution is -0.130. The Labute approximate surface area is 160 Å². The van der Waals surface area contributed by atoms with E-state index in [2.05, 4.69) is 15.3 Å². The van der Waals surface area contributed by atoms with E-state index >= 15 is 0 Å². The molecule has 0 radical (unpaired) electrons. The fraction of sp³-hybridized carbons (Fsp3) is 0.0500. The first-order valence-electron chi connectivity index (χ1n) is 8.26. The molecule has 7 heteroatoms. The van der Waals surface area contributed by atoms with Gasteiger partial charge in [0, 0.05) is 29.4 Å². The third-order valence-electron chi connectivity index (χ3n) is 4.24. The van der Waals surface area contributed by atoms with Crippen LogP contribution >= 0.6 is 12.2 Å². The van der Waals surface area contributed by atoms with Crippen molar-refractivity contribution in [3.8, 4) is 0 Å². The van der Waals surface area contributed by atoms with Crippen molar-refractivity contribution in [1.29, 1.82) is 0 Å². The summed E-state index contributed by atoms with van der Waals surface area (Å²) < 4.78 is 0. The van der Waals surface area contributed by atoms with Gasteiger partial charge in [-0.2, -0.15) is 0 Å². The van der Waals surface area contributed by atoms with Gasteiger partial charge >= 0.3 is 0 Å². The fourth-order valence-electron chi connectivity index (χ4n) is 2.92. The standard InChI is InChI=1S/C20H14N4O2S/c25-18-16(12-22-17-8-4-5-13-11-21-10-9-15(13)17)19(26)24(20(27)23-18)14-6-2-1-3-7-14/h1-12,16H,(H,23,25,27)/t16-/m0/s1. The van der Waals surface area contributed by atoms with Crippen LogP contribution in [0.1, 0.15) is 0 Å². The number of pyridine rings is 1. The number of carbonyl (C=O) groups excluding carboxylic acids is 2. The van der Waals surface area contributed by atoms with Gasteiger partial charge in [-0.25, -0.2) is 0 Å². The van der Waals surface area contributed by atoms with Crippen LogP contribution < -0.4 is 10.2 Å². The number of aliphatic imine (C=N–C) groups is 1. The van der Waals surface area contributed by atoms with Crippen LogP contribution in [0.2, 0.25) is 0 Å². The number of para-hydroxylation sites is 1. The van der Waals surface area contributed by atoms with Crippen molar-refractivity contribution in [2.45, 2.75) is 0 Å². The Hall–Kier alpha value is -3.45. The number of amides is 2. The molecule has 1 fully saturated rings. The van der Waals surface area contributed by atoms with Crippen LogP contribution in [0.25, 0.3) is 10.8 Å². The third kappa shape index (κ3) is 3.20. The molecule has 0 bridgehead atoms. The maximum atomic E-state index is 12.9. The van der Waals surface area contributed by atoms with Crippen molar-refractivity contribution in [2.75, 3.05) is 4.90 Å². The average molecular weight is 374 g/mol. The van der Waals surface area contributed by atoms with Gasteiger partial charge in [0.2, 0.25) is 5.91 Å². The van der Waals surface area contributed by atoms with Gasteiger partial charge in [0.15, 0.2) is 11.0 Å². The summed E-state index contributed by atoms with van der Waals surface area (Å²) >= 11 is 5.18. The van der Waals surface area contributed by atoms with Gasteiger partial charge in [0.1, 0.15) is 0 Å². The van der Waals surface area contributed by atoms with Crippen molar-refractivity contribution in [2.24, 2.45) is 10.9 Å². The molecule has 27 heavy (non-hydrogen) atoms. The van der Waals surface area contributed by atoms with Crippen LogP contribution in [0, 0.1) is 5.92 Å². The summed E-state index contributed by atoms with van der Waals surface area (Å²) in [5.41, 5.74) is 1.26. The number of anilines is 1. The Kier molecular flexibility index (Phi) is 4.43. The Morgan fingerprint density at radius 2 is 1.89 bits per heavy atom. The first kappa shape index (κ1) is 17.0. The van der Waals surface area contributed by atoms with Crippen molar-refractivity contribution < 1.29 is 9.59 Å². The summed E-state index contributed by atoms with van der Waals surface area (Å²) in [5, 5.41) is 4.47. The quantitative estimate of drug-likeness (QED) is 0.434. The predicted molar refractivity (Wildman–Crippen MR) is 108 cm³/mol. The van der Waals surface area contributed by atoms with Gasteiger partial charge in [-0.3, -0.25) is 24.5 Å². The van der Waals surface area contributed by atoms with Gasteiger partial charge in [-0.15, -0.1) is 0 Å². The first-order valence-corrected chi connectivity index (χ1v) is 8.67. The van der Waals surface area contributed by atoms with E-state index in [1.165, 1.54) is 11.1 Å². The first-order chi connectivity index (χ1) is 13.1. The monoisotopic (exact) mass is 374 g/mol. The number of fused-ring (bicyclic) bond motifs is 1. The fourth-order valence-corrected chi connectivity index (χ4v) is 3.21. The van der Waals surface area contributed by atoms with Gasteiger partial charge in [0.25, 0.3) is 5.91 Å². The third-order valence-corrected chi connectivity index (χ3v) is 4.52. The number of thiocarbonyl (C=S) groups is 1. The number of hydrogen-bond acceptors (Lipinski definition) is 5. The van der Waals surface area contributed by atoms with Crippen LogP contribution in [0.3, 0.4) is 0 Å². The second-order valence-electron chi connectivity index (χ2n) is 5.93. The number of rotatable bonds is 3. The lowest BCUT2D eigenvalue weighted by atomic mass is 10.1. The summed E-state index contributed by atoms with van der Waals surface area (Å²) in [5.74, 6) is -1.97. The van der Waals surface area contributed by atoms with Crippen molar-refractivity contribution in [3.63, 3.8) is 0 Å². The van der Waals surface area contributed by atoms with Crippen molar-refractivity contribution in [3.05, 3.63) is 67.0 Å². The van der Waals surface area contributed by atoms with Crippen LogP contribution in [0.5, 0.6) is 0 Å². The van der Waals surface area contributed by atoms with Crippen molar-refractivity contribution >= 4 is 57.5 Å². The molecule has 1 aromatic heterocycles. The molecule has 0 spiro atoms. The van der Waals surface area contributed by atoms with E-state index in [1.807, 2.05) is 30.3 Å². The van der Waals surface area contributed by atoms with Crippen LogP contribution in [-0.4, -0.2) is 28.1 Å². The molecule has 0 unspecified atom stereocenters. The molecular formula is C20H14N4O2S. The molecular weight excluding hydrogens is 360 g/mol. The van der Waals surface area contributed by atoms with E-state index in [0.29, 0.717) is 11.4 Å². The summed E-state index contributed by atoms with van der Waals surface area (Å²) in [6.45, 7) is 0. The Morgan fingerprint density at radius 3 is 2.70 bits per heavy atom. The number of carbonyl (C=O) groups is 2. The van der Waals surface area contributed by atoms with E-state index in [-0.39, 0.29) is 5.11 Å². The second-order valence-corrected chi connectivity index (χ2v) is 6.32. The summed E-state index contributed by atoms with van der Waals surface area (Å²) in [6, 6.07) is 16.4. The lowest BCUT2D eigenvalue weighted by Gasteiger charge is -2.30. The molecule has 0 saturated carbocycles. The van der Waals surface area contributed by atoms with Gasteiger partial charge < -0.3 is 5.32 Å². The highest BCUT2D eigenvalue weighted by Crippen LogP contribution is 2.26. The molecule has 132 valence electrons. The van der Waals surface area contributed by atoms with Crippen LogP contribution in [0.15, 0.2) is 72.0 Å². The van der Waals surface area contributed by atoms with E-state index < -0.39 is 17.7 Å². The normalized spacial score (nSPS) is 17.6. The maximum Gasteiger partial charge on any atom is 0.251 e. The summed E-state index contributed by atoms with van der Waals surface area (Å²) in [4.78, 5) is 35.1. The number of aromatic nitrogens is 1. The molecule has 1 atom stereocenters. The smallest absolute Gasteiger partial charge is 0.251 e. The highest BCUT2D eigenvalue weighted by atomic mass is 32.1. The van der Waals surface area contributed by atoms with E-state index in [1.54, 1.807) is 36.7 Å². The molecule has 3 aromatic rings. The molecule has 1 aliphatic rings. The van der Waals surface area contributed by atoms with E-state index in [4.69, 9.17) is 12.2 Å². The largest absolute Gasteiger partial charge is 0.301 e. The lowest BCUT2D eigenvalue weighted by Crippen LogP contribution is -2.58. The minimum atomic E-state index is -1.06. The topological polar surface area (TPSA) is 74.7 Å². The molecule has 1 saturated heterocycles. The Bertz CT molecular complexity index is 1080. The van der Waals surface area contributed by atoms with Gasteiger partial charge in [0.05, 0.1) is 11.4 Å². The molecule has 2 aromatic carbocycles. The zero-order valence-electron chi connectivity index (χ0n) is 14.1. The average Bonchev–Trinajstić information content (AvgIpc) is 2.68. The maximum absolute atomic E-state index is 12.9. The molecule has 4 rings (SSSR count). The minimum Gasteiger partial charge on any atom is -0.301 e. The molecule has 0 aliphatic carbocycles. The number of nitrogens with one attached hydrogen (secondary N) is 1. The summed E-state index contributed by atoms with van der Waals surface area (Å²) in [6.07, 6.45) is 4.78. The zero-order valence-corrected chi connectivity index (χ0v) is 14.9. The van der Waals surface area contributed by atoms with Gasteiger partial charge in [-0.1, -0.05) is 30.3 Å². The molecule has 1 aliphatic heterocycles. The van der Waals surface area contributed by atoms with Gasteiger partial charge in [-0.05, 0) is 36.5 Å². The second kappa shape index (κ2) is 7.05. The number of nitrogens with zero attached hydrogens (tertiary/aromatic N) is 3. The molecule has 6 nitrogen and oxygen atoms in total. The molecule has 1 N–H and O–H groups in total. The number of benzene rings is 2. The van der Waals surface area contributed by atoms with Crippen molar-refractivity contribution in [1.82, 2.24) is 10.3 Å². The Morgan fingerprint density at radius 1 is 1.07 bits per heavy atom. The number of hydrogen-bond donors (Lipinski definition) is 1. The van der Waals surface area contributed by atoms with E-state index in [0.717, 1.165) is 10.8 Å². The SMILES string of the molecule is O=C1NC(=S)N(c2ccccc2)C(=O)[C@H]1C=Nc1cccc2cnccc12.